The van der Waals surface area contributed by atoms with Gasteiger partial charge >= 0.3 is 0 Å². The minimum Gasteiger partial charge on any atom is -0.451 e. The van der Waals surface area contributed by atoms with Crippen molar-refractivity contribution >= 4 is 63.0 Å². The molecular weight excluding hydrogens is 441 g/mol. The van der Waals surface area contributed by atoms with E-state index in [1.807, 2.05) is 37.3 Å². The fourth-order valence-corrected chi connectivity index (χ4v) is 3.56. The summed E-state index contributed by atoms with van der Waals surface area (Å²) in [5, 5.41) is 7.69. The predicted octanol–water partition coefficient (Wildman–Crippen LogP) is 6.24. The Bertz CT molecular complexity index is 1290. The van der Waals surface area contributed by atoms with E-state index in [1.165, 1.54) is 0 Å². The molecule has 8 heteroatoms. The molecule has 0 aliphatic carbocycles. The van der Waals surface area contributed by atoms with Gasteiger partial charge in [-0.25, -0.2) is 0 Å². The van der Waals surface area contributed by atoms with Crippen LogP contribution in [0.4, 0.5) is 5.69 Å². The third-order valence-corrected chi connectivity index (χ3v) is 5.14. The van der Waals surface area contributed by atoms with Crippen LogP contribution >= 0.6 is 35.4 Å². The van der Waals surface area contributed by atoms with Crippen LogP contribution in [0.2, 0.25) is 10.0 Å². The number of rotatable bonds is 3. The Morgan fingerprint density at radius 2 is 1.90 bits per heavy atom. The molecule has 4 aromatic rings. The molecule has 1 amide bonds. The molecule has 0 aliphatic rings. The second kappa shape index (κ2) is 8.44. The van der Waals surface area contributed by atoms with Gasteiger partial charge in [0.15, 0.2) is 10.9 Å². The molecule has 30 heavy (non-hydrogen) atoms. The van der Waals surface area contributed by atoms with E-state index >= 15 is 0 Å². The number of hydrogen-bond acceptors (Lipinski definition) is 4. The Morgan fingerprint density at radius 3 is 2.73 bits per heavy atom. The normalized spacial score (nSPS) is 10.8. The number of aryl methyl sites for hydroxylation is 1. The molecule has 0 unspecified atom stereocenters. The summed E-state index contributed by atoms with van der Waals surface area (Å²) < 4.78 is 5.65. The van der Waals surface area contributed by atoms with Gasteiger partial charge in [-0.2, -0.15) is 0 Å². The number of amides is 1. The molecule has 150 valence electrons. The van der Waals surface area contributed by atoms with Crippen LogP contribution in [0.3, 0.4) is 0 Å². The van der Waals surface area contributed by atoms with Crippen molar-refractivity contribution in [3.63, 3.8) is 0 Å². The van der Waals surface area contributed by atoms with E-state index < -0.39 is 5.91 Å². The highest BCUT2D eigenvalue weighted by Crippen LogP contribution is 2.31. The minimum absolute atomic E-state index is 0.0976. The molecule has 0 radical (unpaired) electrons. The summed E-state index contributed by atoms with van der Waals surface area (Å²) in [7, 11) is 0. The summed E-state index contributed by atoms with van der Waals surface area (Å²) in [5.74, 6) is 0.0496. The molecule has 2 aromatic carbocycles. The van der Waals surface area contributed by atoms with Gasteiger partial charge in [0.1, 0.15) is 5.76 Å². The van der Waals surface area contributed by atoms with Crippen LogP contribution in [-0.4, -0.2) is 16.0 Å². The Labute approximate surface area is 188 Å². The van der Waals surface area contributed by atoms with Crippen molar-refractivity contribution in [2.45, 2.75) is 6.92 Å². The lowest BCUT2D eigenvalue weighted by atomic mass is 10.1. The molecule has 0 atom stereocenters. The molecule has 0 fully saturated rings. The van der Waals surface area contributed by atoms with Crippen LogP contribution < -0.4 is 10.6 Å². The van der Waals surface area contributed by atoms with Gasteiger partial charge in [-0.3, -0.25) is 15.1 Å². The Morgan fingerprint density at radius 1 is 1.07 bits per heavy atom. The largest absolute Gasteiger partial charge is 0.451 e. The van der Waals surface area contributed by atoms with Crippen LogP contribution in [0.5, 0.6) is 0 Å². The Kier molecular flexibility index (Phi) is 5.72. The van der Waals surface area contributed by atoms with Gasteiger partial charge in [-0.15, -0.1) is 0 Å². The van der Waals surface area contributed by atoms with Crippen LogP contribution in [0.15, 0.2) is 65.1 Å². The van der Waals surface area contributed by atoms with Crippen molar-refractivity contribution < 1.29 is 9.21 Å². The van der Waals surface area contributed by atoms with Crippen LogP contribution in [0.25, 0.3) is 22.2 Å². The van der Waals surface area contributed by atoms with E-state index in [2.05, 4.69) is 15.6 Å². The van der Waals surface area contributed by atoms with Gasteiger partial charge in [-0.05, 0) is 73.7 Å². The van der Waals surface area contributed by atoms with Crippen molar-refractivity contribution in [2.75, 3.05) is 5.32 Å². The van der Waals surface area contributed by atoms with Crippen molar-refractivity contribution in [1.29, 1.82) is 0 Å². The number of aromatic nitrogens is 1. The van der Waals surface area contributed by atoms with Crippen molar-refractivity contribution in [3.8, 4) is 11.3 Å². The summed E-state index contributed by atoms with van der Waals surface area (Å²) in [4.78, 5) is 17.0. The molecule has 4 rings (SSSR count). The zero-order valence-corrected chi connectivity index (χ0v) is 18.0. The number of benzene rings is 2. The lowest BCUT2D eigenvalue weighted by molar-refractivity contribution is 0.0951. The molecule has 5 nitrogen and oxygen atoms in total. The highest BCUT2D eigenvalue weighted by atomic mass is 35.5. The first-order valence-electron chi connectivity index (χ1n) is 8.95. The summed E-state index contributed by atoms with van der Waals surface area (Å²) in [6.45, 7) is 1.93. The van der Waals surface area contributed by atoms with Gasteiger partial charge in [0.25, 0.3) is 5.91 Å². The van der Waals surface area contributed by atoms with Gasteiger partial charge < -0.3 is 9.73 Å². The van der Waals surface area contributed by atoms with Gasteiger partial charge in [0.05, 0.1) is 10.5 Å². The first-order valence-corrected chi connectivity index (χ1v) is 10.1. The van der Waals surface area contributed by atoms with Gasteiger partial charge in [0.2, 0.25) is 0 Å². The number of nitrogens with zero attached hydrogens (tertiary/aromatic N) is 1. The third kappa shape index (κ3) is 4.31. The second-order valence-corrected chi connectivity index (χ2v) is 7.77. The number of hydrogen-bond donors (Lipinski definition) is 2. The highest BCUT2D eigenvalue weighted by Gasteiger charge is 2.16. The maximum absolute atomic E-state index is 12.5. The maximum Gasteiger partial charge on any atom is 0.293 e. The van der Waals surface area contributed by atoms with Crippen molar-refractivity contribution in [1.82, 2.24) is 10.3 Å². The van der Waals surface area contributed by atoms with E-state index in [9.17, 15) is 4.79 Å². The van der Waals surface area contributed by atoms with E-state index in [0.29, 0.717) is 21.4 Å². The topological polar surface area (TPSA) is 67.2 Å². The van der Waals surface area contributed by atoms with Crippen LogP contribution in [0.1, 0.15) is 16.2 Å². The monoisotopic (exact) mass is 455 g/mol. The highest BCUT2D eigenvalue weighted by molar-refractivity contribution is 7.80. The number of furan rings is 1. The molecule has 2 aromatic heterocycles. The summed E-state index contributed by atoms with van der Waals surface area (Å²) >= 11 is 17.5. The van der Waals surface area contributed by atoms with Crippen LogP contribution in [-0.2, 0) is 0 Å². The second-order valence-electron chi connectivity index (χ2n) is 6.52. The number of carbonyl (C=O) groups is 1. The first kappa shape index (κ1) is 20.3. The average molecular weight is 456 g/mol. The number of halogens is 2. The van der Waals surface area contributed by atoms with Gasteiger partial charge in [0, 0.05) is 27.4 Å². The molecule has 0 aliphatic heterocycles. The lowest BCUT2D eigenvalue weighted by Gasteiger charge is -2.11. The van der Waals surface area contributed by atoms with Gasteiger partial charge in [-0.1, -0.05) is 29.3 Å². The fraction of sp³-hybridized carbons (Fsp3) is 0.0455. The summed E-state index contributed by atoms with van der Waals surface area (Å²) in [6, 6.07) is 17.8. The third-order valence-electron chi connectivity index (χ3n) is 4.37. The fourth-order valence-electron chi connectivity index (χ4n) is 2.98. The Hall–Kier alpha value is -2.93. The summed E-state index contributed by atoms with van der Waals surface area (Å²) in [6.07, 6.45) is 0. The first-order chi connectivity index (χ1) is 14.4. The average Bonchev–Trinajstić information content (AvgIpc) is 3.20. The number of nitrogens with one attached hydrogen (secondary N) is 2. The molecule has 2 heterocycles. The molecule has 2 N–H and O–H groups in total. The number of carbonyl (C=O) groups excluding carboxylic acids is 1. The lowest BCUT2D eigenvalue weighted by Crippen LogP contribution is -2.33. The van der Waals surface area contributed by atoms with E-state index in [-0.39, 0.29) is 10.9 Å². The SMILES string of the molecule is Cc1ccc2c(NC(=S)NC(=O)c3ccc(-c4cc(Cl)ccc4Cl)o3)cccc2n1. The smallest absolute Gasteiger partial charge is 0.293 e. The standard InChI is InChI=1S/C22H15Cl2N3O2S/c1-12-5-7-14-17(25-12)3-2-4-18(14)26-22(30)27-21(28)20-10-9-19(29-20)15-11-13(23)6-8-16(15)24/h2-11H,1H3,(H2,26,27,28,30). The molecule has 0 saturated carbocycles. The zero-order chi connectivity index (χ0) is 21.3. The van der Waals surface area contributed by atoms with Crippen molar-refractivity contribution in [2.24, 2.45) is 0 Å². The van der Waals surface area contributed by atoms with E-state index in [1.54, 1.807) is 30.3 Å². The van der Waals surface area contributed by atoms with E-state index in [4.69, 9.17) is 39.8 Å². The van der Waals surface area contributed by atoms with Crippen LogP contribution in [0, 0.1) is 6.92 Å². The number of pyridine rings is 1. The zero-order valence-electron chi connectivity index (χ0n) is 15.7. The molecular formula is C22H15Cl2N3O2S. The Balaban J connectivity index is 1.49. The number of anilines is 1. The number of fused-ring (bicyclic) bond motifs is 1. The molecule has 0 spiro atoms. The quantitative estimate of drug-likeness (QED) is 0.358. The molecule has 0 bridgehead atoms. The summed E-state index contributed by atoms with van der Waals surface area (Å²) in [5.41, 5.74) is 3.10. The number of thiocarbonyl (C=S) groups is 1. The predicted molar refractivity (Wildman–Crippen MR) is 124 cm³/mol. The van der Waals surface area contributed by atoms with Crippen molar-refractivity contribution in [3.05, 3.63) is 82.2 Å². The molecule has 0 saturated heterocycles. The van der Waals surface area contributed by atoms with E-state index in [0.717, 1.165) is 22.3 Å². The maximum atomic E-state index is 12.5. The minimum atomic E-state index is -0.480.